The van der Waals surface area contributed by atoms with Gasteiger partial charge in [0.2, 0.25) is 0 Å². The zero-order valence-electron chi connectivity index (χ0n) is 11.5. The van der Waals surface area contributed by atoms with Crippen LogP contribution < -0.4 is 0 Å². The normalized spacial score (nSPS) is 10.8. The summed E-state index contributed by atoms with van der Waals surface area (Å²) in [6.07, 6.45) is 4.60. The van der Waals surface area contributed by atoms with E-state index in [1.807, 2.05) is 18.2 Å². The first-order valence-electron chi connectivity index (χ1n) is 6.76. The van der Waals surface area contributed by atoms with Crippen molar-refractivity contribution in [2.45, 2.75) is 19.8 Å². The van der Waals surface area contributed by atoms with Crippen LogP contribution in [0.1, 0.15) is 24.5 Å². The summed E-state index contributed by atoms with van der Waals surface area (Å²) in [5.41, 5.74) is 4.66. The standard InChI is InChI=1S/C18H18O2/c1-2-14-9-11-16(12-10-14)17-7-3-5-15(13-17)6-4-8-18(19)20/h3-7,9-13H,2,8H2,1H3,(H,19,20)/b6-4+. The van der Waals surface area contributed by atoms with Gasteiger partial charge in [0.05, 0.1) is 6.42 Å². The predicted octanol–water partition coefficient (Wildman–Crippen LogP) is 4.40. The largest absolute Gasteiger partial charge is 0.481 e. The number of hydrogen-bond donors (Lipinski definition) is 1. The molecule has 2 heteroatoms. The Morgan fingerprint density at radius 1 is 1.10 bits per heavy atom. The fourth-order valence-corrected chi connectivity index (χ4v) is 2.05. The molecule has 0 atom stereocenters. The minimum Gasteiger partial charge on any atom is -0.481 e. The van der Waals surface area contributed by atoms with Crippen molar-refractivity contribution in [3.8, 4) is 11.1 Å². The molecule has 0 saturated carbocycles. The van der Waals surface area contributed by atoms with Gasteiger partial charge in [0, 0.05) is 0 Å². The van der Waals surface area contributed by atoms with Crippen molar-refractivity contribution in [2.75, 3.05) is 0 Å². The highest BCUT2D eigenvalue weighted by molar-refractivity contribution is 5.71. The van der Waals surface area contributed by atoms with E-state index in [1.165, 1.54) is 11.1 Å². The molecule has 2 aromatic carbocycles. The number of carboxylic acids is 1. The second-order valence-corrected chi connectivity index (χ2v) is 4.68. The molecule has 2 nitrogen and oxygen atoms in total. The molecular weight excluding hydrogens is 248 g/mol. The van der Waals surface area contributed by atoms with Gasteiger partial charge in [0.1, 0.15) is 0 Å². The van der Waals surface area contributed by atoms with E-state index in [1.54, 1.807) is 6.08 Å². The molecule has 20 heavy (non-hydrogen) atoms. The molecule has 102 valence electrons. The number of carbonyl (C=O) groups is 1. The van der Waals surface area contributed by atoms with Crippen LogP contribution in [-0.4, -0.2) is 11.1 Å². The van der Waals surface area contributed by atoms with Gasteiger partial charge in [-0.2, -0.15) is 0 Å². The van der Waals surface area contributed by atoms with Crippen molar-refractivity contribution in [1.82, 2.24) is 0 Å². The lowest BCUT2D eigenvalue weighted by Crippen LogP contribution is -1.89. The maximum absolute atomic E-state index is 10.5. The second kappa shape index (κ2) is 6.71. The summed E-state index contributed by atoms with van der Waals surface area (Å²) in [5.74, 6) is -0.812. The lowest BCUT2D eigenvalue weighted by molar-refractivity contribution is -0.135. The molecule has 0 bridgehead atoms. The van der Waals surface area contributed by atoms with Gasteiger partial charge in [0.25, 0.3) is 0 Å². The summed E-state index contributed by atoms with van der Waals surface area (Å²) in [5, 5.41) is 8.62. The zero-order chi connectivity index (χ0) is 14.4. The Kier molecular flexibility index (Phi) is 4.72. The molecule has 0 aliphatic rings. The van der Waals surface area contributed by atoms with Crippen LogP contribution in [0.25, 0.3) is 17.2 Å². The summed E-state index contributed by atoms with van der Waals surface area (Å²) in [6.45, 7) is 2.14. The summed E-state index contributed by atoms with van der Waals surface area (Å²) in [4.78, 5) is 10.5. The van der Waals surface area contributed by atoms with Crippen molar-refractivity contribution >= 4 is 12.0 Å². The highest BCUT2D eigenvalue weighted by Crippen LogP contribution is 2.21. The molecule has 0 unspecified atom stereocenters. The number of hydrogen-bond acceptors (Lipinski definition) is 1. The molecule has 1 N–H and O–H groups in total. The van der Waals surface area contributed by atoms with E-state index in [9.17, 15) is 4.79 Å². The maximum atomic E-state index is 10.5. The third-order valence-electron chi connectivity index (χ3n) is 3.18. The average molecular weight is 266 g/mol. The zero-order valence-corrected chi connectivity index (χ0v) is 11.5. The van der Waals surface area contributed by atoms with Crippen LogP contribution >= 0.6 is 0 Å². The van der Waals surface area contributed by atoms with E-state index in [2.05, 4.69) is 43.3 Å². The minimum atomic E-state index is -0.812. The smallest absolute Gasteiger partial charge is 0.307 e. The molecule has 0 radical (unpaired) electrons. The fourth-order valence-electron chi connectivity index (χ4n) is 2.05. The summed E-state index contributed by atoms with van der Waals surface area (Å²) >= 11 is 0. The van der Waals surface area contributed by atoms with Crippen molar-refractivity contribution in [2.24, 2.45) is 0 Å². The Balaban J connectivity index is 2.20. The number of rotatable bonds is 5. The molecule has 2 aromatic rings. The van der Waals surface area contributed by atoms with Crippen LogP contribution in [0.4, 0.5) is 0 Å². The van der Waals surface area contributed by atoms with Gasteiger partial charge >= 0.3 is 5.97 Å². The van der Waals surface area contributed by atoms with Crippen molar-refractivity contribution < 1.29 is 9.90 Å². The predicted molar refractivity (Wildman–Crippen MR) is 82.5 cm³/mol. The third-order valence-corrected chi connectivity index (χ3v) is 3.18. The first kappa shape index (κ1) is 14.1. The quantitative estimate of drug-likeness (QED) is 0.870. The fraction of sp³-hybridized carbons (Fsp3) is 0.167. The van der Waals surface area contributed by atoms with Gasteiger partial charge in [0.15, 0.2) is 0 Å². The lowest BCUT2D eigenvalue weighted by atomic mass is 10.0. The lowest BCUT2D eigenvalue weighted by Gasteiger charge is -2.04. The molecule has 0 aromatic heterocycles. The van der Waals surface area contributed by atoms with Crippen LogP contribution in [0.15, 0.2) is 54.6 Å². The van der Waals surface area contributed by atoms with Crippen molar-refractivity contribution in [3.63, 3.8) is 0 Å². The molecule has 0 heterocycles. The molecule has 0 fully saturated rings. The maximum Gasteiger partial charge on any atom is 0.307 e. The van der Waals surface area contributed by atoms with Gasteiger partial charge in [-0.05, 0) is 34.7 Å². The van der Waals surface area contributed by atoms with E-state index in [-0.39, 0.29) is 6.42 Å². The molecule has 0 aliphatic heterocycles. The van der Waals surface area contributed by atoms with Gasteiger partial charge in [-0.3, -0.25) is 4.79 Å². The van der Waals surface area contributed by atoms with Gasteiger partial charge in [-0.15, -0.1) is 0 Å². The molecule has 0 aliphatic carbocycles. The average Bonchev–Trinajstić information content (AvgIpc) is 2.47. The first-order valence-corrected chi connectivity index (χ1v) is 6.76. The third kappa shape index (κ3) is 3.82. The van der Waals surface area contributed by atoms with Gasteiger partial charge < -0.3 is 5.11 Å². The van der Waals surface area contributed by atoms with E-state index in [4.69, 9.17) is 5.11 Å². The molecule has 0 saturated heterocycles. The number of benzene rings is 2. The van der Waals surface area contributed by atoms with Crippen LogP contribution in [-0.2, 0) is 11.2 Å². The van der Waals surface area contributed by atoms with E-state index >= 15 is 0 Å². The van der Waals surface area contributed by atoms with Gasteiger partial charge in [-0.25, -0.2) is 0 Å². The van der Waals surface area contributed by atoms with E-state index in [0.29, 0.717) is 0 Å². The Bertz CT molecular complexity index is 610. The number of carboxylic acid groups (broad SMARTS) is 1. The Labute approximate surface area is 119 Å². The first-order chi connectivity index (χ1) is 9.69. The molecule has 0 amide bonds. The summed E-state index contributed by atoms with van der Waals surface area (Å²) in [6, 6.07) is 16.6. The summed E-state index contributed by atoms with van der Waals surface area (Å²) in [7, 11) is 0. The minimum absolute atomic E-state index is 0.0510. The molecular formula is C18H18O2. The monoisotopic (exact) mass is 266 g/mol. The van der Waals surface area contributed by atoms with Crippen molar-refractivity contribution in [3.05, 3.63) is 65.7 Å². The van der Waals surface area contributed by atoms with Crippen molar-refractivity contribution in [1.29, 1.82) is 0 Å². The Morgan fingerprint density at radius 3 is 2.50 bits per heavy atom. The summed E-state index contributed by atoms with van der Waals surface area (Å²) < 4.78 is 0. The molecule has 2 rings (SSSR count). The molecule has 0 spiro atoms. The van der Waals surface area contributed by atoms with Crippen LogP contribution in [0.3, 0.4) is 0 Å². The van der Waals surface area contributed by atoms with E-state index < -0.39 is 5.97 Å². The SMILES string of the molecule is CCc1ccc(-c2cccc(/C=C/CC(=O)O)c2)cc1. The van der Waals surface area contributed by atoms with Crippen LogP contribution in [0, 0.1) is 0 Å². The number of aliphatic carboxylic acids is 1. The Morgan fingerprint density at radius 2 is 1.85 bits per heavy atom. The van der Waals surface area contributed by atoms with Crippen LogP contribution in [0.5, 0.6) is 0 Å². The number of aryl methyl sites for hydroxylation is 1. The Hall–Kier alpha value is -2.35. The topological polar surface area (TPSA) is 37.3 Å². The highest BCUT2D eigenvalue weighted by atomic mass is 16.4. The van der Waals surface area contributed by atoms with Gasteiger partial charge in [-0.1, -0.05) is 61.5 Å². The second-order valence-electron chi connectivity index (χ2n) is 4.68. The highest BCUT2D eigenvalue weighted by Gasteiger charge is 1.98. The van der Waals surface area contributed by atoms with Crippen LogP contribution in [0.2, 0.25) is 0 Å². The van der Waals surface area contributed by atoms with E-state index in [0.717, 1.165) is 17.5 Å².